The highest BCUT2D eigenvalue weighted by Crippen LogP contribution is 2.35. The second-order valence-corrected chi connectivity index (χ2v) is 8.61. The van der Waals surface area contributed by atoms with Gasteiger partial charge in [0.2, 0.25) is 5.82 Å². The molecule has 0 spiro atoms. The molecule has 0 bridgehead atoms. The molecule has 2 fully saturated rings. The van der Waals surface area contributed by atoms with Gasteiger partial charge in [-0.15, -0.1) is 0 Å². The molecule has 32 heavy (non-hydrogen) atoms. The molecule has 1 heterocycles. The number of alkyl halides is 3. The van der Waals surface area contributed by atoms with Crippen LogP contribution in [0.2, 0.25) is 0 Å². The maximum absolute atomic E-state index is 15.4. The fraction of sp³-hybridized carbons (Fsp3) is 0.565. The molecule has 2 aliphatic rings. The third-order valence-corrected chi connectivity index (χ3v) is 6.34. The van der Waals surface area contributed by atoms with Gasteiger partial charge in [0.15, 0.2) is 11.6 Å². The molecular weight excluding hydrogens is 424 g/mol. The maximum atomic E-state index is 15.4. The standard InChI is InChI=1S/C23H28F4N4O/c1-32-19-5-3-2-4-16(19)12-28-21-20(24)22(30-14-29-21)31(18-10-11-18)13-15-6-8-17(9-7-15)23(25,26)27/h6-9,14,16,18-19H,2-5,10-13H2,1H3,(H,28,29,30). The van der Waals surface area contributed by atoms with E-state index in [-0.39, 0.29) is 30.3 Å². The van der Waals surface area contributed by atoms with Crippen LogP contribution in [0.25, 0.3) is 0 Å². The number of ether oxygens (including phenoxy) is 1. The van der Waals surface area contributed by atoms with Crippen LogP contribution in [0.3, 0.4) is 0 Å². The van der Waals surface area contributed by atoms with E-state index >= 15 is 4.39 Å². The van der Waals surface area contributed by atoms with Crippen molar-refractivity contribution >= 4 is 11.6 Å². The maximum Gasteiger partial charge on any atom is 0.416 e. The molecule has 1 N–H and O–H groups in total. The number of anilines is 2. The fourth-order valence-electron chi connectivity index (χ4n) is 4.39. The second-order valence-electron chi connectivity index (χ2n) is 8.61. The van der Waals surface area contributed by atoms with Crippen molar-refractivity contribution in [2.75, 3.05) is 23.9 Å². The lowest BCUT2D eigenvalue weighted by molar-refractivity contribution is -0.137. The Morgan fingerprint density at radius 2 is 1.78 bits per heavy atom. The summed E-state index contributed by atoms with van der Waals surface area (Å²) in [7, 11) is 1.71. The van der Waals surface area contributed by atoms with Gasteiger partial charge in [0, 0.05) is 32.2 Å². The molecular formula is C23H28F4N4O. The van der Waals surface area contributed by atoms with E-state index in [2.05, 4.69) is 15.3 Å². The lowest BCUT2D eigenvalue weighted by Gasteiger charge is -2.31. The number of nitrogens with one attached hydrogen (secondary N) is 1. The normalized spacial score (nSPS) is 21.4. The van der Waals surface area contributed by atoms with Gasteiger partial charge in [0.1, 0.15) is 6.33 Å². The largest absolute Gasteiger partial charge is 0.416 e. The van der Waals surface area contributed by atoms with Crippen molar-refractivity contribution in [2.45, 2.75) is 63.4 Å². The van der Waals surface area contributed by atoms with E-state index in [4.69, 9.17) is 4.74 Å². The van der Waals surface area contributed by atoms with Crippen LogP contribution in [0.1, 0.15) is 49.7 Å². The Hall–Kier alpha value is -2.42. The number of aromatic nitrogens is 2. The molecule has 2 saturated carbocycles. The molecule has 174 valence electrons. The van der Waals surface area contributed by atoms with Gasteiger partial charge >= 0.3 is 6.18 Å². The van der Waals surface area contributed by atoms with Gasteiger partial charge in [-0.2, -0.15) is 17.6 Å². The Kier molecular flexibility index (Phi) is 6.83. The van der Waals surface area contributed by atoms with E-state index in [1.54, 1.807) is 7.11 Å². The van der Waals surface area contributed by atoms with Crippen LogP contribution >= 0.6 is 0 Å². The lowest BCUT2D eigenvalue weighted by atomic mass is 9.86. The Balaban J connectivity index is 1.48. The van der Waals surface area contributed by atoms with Gasteiger partial charge in [0.05, 0.1) is 11.7 Å². The van der Waals surface area contributed by atoms with E-state index in [9.17, 15) is 13.2 Å². The first-order valence-electron chi connectivity index (χ1n) is 11.1. The molecule has 2 aliphatic carbocycles. The average Bonchev–Trinajstić information content (AvgIpc) is 3.62. The second kappa shape index (κ2) is 9.60. The summed E-state index contributed by atoms with van der Waals surface area (Å²) in [5.41, 5.74) is -0.0291. The highest BCUT2D eigenvalue weighted by Gasteiger charge is 2.34. The highest BCUT2D eigenvalue weighted by molar-refractivity contribution is 5.52. The summed E-state index contributed by atoms with van der Waals surface area (Å²) >= 11 is 0. The minimum atomic E-state index is -4.38. The summed E-state index contributed by atoms with van der Waals surface area (Å²) < 4.78 is 59.5. The summed E-state index contributed by atoms with van der Waals surface area (Å²) in [5, 5.41) is 3.13. The number of benzene rings is 1. The molecule has 9 heteroatoms. The SMILES string of the molecule is COC1CCCCC1CNc1ncnc(N(Cc2ccc(C(F)(F)F)cc2)C2CC2)c1F. The van der Waals surface area contributed by atoms with Crippen LogP contribution in [-0.4, -0.2) is 35.8 Å². The molecule has 2 aromatic rings. The van der Waals surface area contributed by atoms with E-state index in [1.807, 2.05) is 4.90 Å². The molecule has 0 radical (unpaired) electrons. The minimum absolute atomic E-state index is 0.116. The summed E-state index contributed by atoms with van der Waals surface area (Å²) in [6.45, 7) is 0.846. The van der Waals surface area contributed by atoms with Crippen LogP contribution in [0.4, 0.5) is 29.2 Å². The zero-order valence-corrected chi connectivity index (χ0v) is 18.0. The van der Waals surface area contributed by atoms with Crippen molar-refractivity contribution in [1.29, 1.82) is 0 Å². The van der Waals surface area contributed by atoms with Gasteiger partial charge in [-0.05, 0) is 43.4 Å². The summed E-state index contributed by atoms with van der Waals surface area (Å²) in [6, 6.07) is 5.10. The van der Waals surface area contributed by atoms with Gasteiger partial charge in [-0.3, -0.25) is 0 Å². The summed E-state index contributed by atoms with van der Waals surface area (Å²) in [6.07, 6.45) is 3.19. The number of halogens is 4. The van der Waals surface area contributed by atoms with Crippen molar-refractivity contribution in [3.63, 3.8) is 0 Å². The van der Waals surface area contributed by atoms with Gasteiger partial charge < -0.3 is 15.0 Å². The molecule has 0 saturated heterocycles. The quantitative estimate of drug-likeness (QED) is 0.542. The number of methoxy groups -OCH3 is 1. The van der Waals surface area contributed by atoms with Gasteiger partial charge in [-0.1, -0.05) is 25.0 Å². The predicted molar refractivity (Wildman–Crippen MR) is 114 cm³/mol. The number of nitrogens with zero attached hydrogens (tertiary/aromatic N) is 3. The average molecular weight is 452 g/mol. The zero-order valence-electron chi connectivity index (χ0n) is 18.0. The Morgan fingerprint density at radius 1 is 1.06 bits per heavy atom. The van der Waals surface area contributed by atoms with Gasteiger partial charge in [-0.25, -0.2) is 9.97 Å². The van der Waals surface area contributed by atoms with Gasteiger partial charge in [0.25, 0.3) is 0 Å². The Morgan fingerprint density at radius 3 is 2.44 bits per heavy atom. The summed E-state index contributed by atoms with van der Waals surface area (Å²) in [5.74, 6) is 0.0830. The molecule has 0 aliphatic heterocycles. The van der Waals surface area contributed by atoms with E-state index in [0.29, 0.717) is 18.0 Å². The number of rotatable bonds is 8. The third-order valence-electron chi connectivity index (χ3n) is 6.34. The van der Waals surface area contributed by atoms with Crippen LogP contribution in [0.15, 0.2) is 30.6 Å². The van der Waals surface area contributed by atoms with Crippen molar-refractivity contribution < 1.29 is 22.3 Å². The topological polar surface area (TPSA) is 50.3 Å². The summed E-state index contributed by atoms with van der Waals surface area (Å²) in [4.78, 5) is 10.1. The number of hydrogen-bond donors (Lipinski definition) is 1. The molecule has 1 aromatic carbocycles. The van der Waals surface area contributed by atoms with Crippen LogP contribution in [0.5, 0.6) is 0 Å². The first kappa shape index (κ1) is 22.8. The molecule has 4 rings (SSSR count). The molecule has 2 atom stereocenters. The first-order valence-corrected chi connectivity index (χ1v) is 11.1. The van der Waals surface area contributed by atoms with E-state index < -0.39 is 17.6 Å². The Bertz CT molecular complexity index is 902. The van der Waals surface area contributed by atoms with Crippen LogP contribution in [-0.2, 0) is 17.5 Å². The van der Waals surface area contributed by atoms with Crippen molar-refractivity contribution in [2.24, 2.45) is 5.92 Å². The third kappa shape index (κ3) is 5.31. The molecule has 1 aromatic heterocycles. The Labute approximate surface area is 185 Å². The van der Waals surface area contributed by atoms with Crippen LogP contribution < -0.4 is 10.2 Å². The lowest BCUT2D eigenvalue weighted by Crippen LogP contribution is -2.32. The monoisotopic (exact) mass is 452 g/mol. The zero-order chi connectivity index (χ0) is 22.7. The van der Waals surface area contributed by atoms with Crippen molar-refractivity contribution in [3.8, 4) is 0 Å². The first-order chi connectivity index (χ1) is 15.4. The minimum Gasteiger partial charge on any atom is -0.381 e. The highest BCUT2D eigenvalue weighted by atomic mass is 19.4. The fourth-order valence-corrected chi connectivity index (χ4v) is 4.39. The van der Waals surface area contributed by atoms with Crippen molar-refractivity contribution in [1.82, 2.24) is 9.97 Å². The smallest absolute Gasteiger partial charge is 0.381 e. The molecule has 0 amide bonds. The van der Waals surface area contributed by atoms with Crippen LogP contribution in [0, 0.1) is 11.7 Å². The molecule has 2 unspecified atom stereocenters. The van der Waals surface area contributed by atoms with E-state index in [1.165, 1.54) is 18.5 Å². The van der Waals surface area contributed by atoms with E-state index in [0.717, 1.165) is 50.7 Å². The van der Waals surface area contributed by atoms with Crippen molar-refractivity contribution in [3.05, 3.63) is 47.5 Å². The predicted octanol–water partition coefficient (Wildman–Crippen LogP) is 5.42. The molecule has 5 nitrogen and oxygen atoms in total. The number of hydrogen-bond acceptors (Lipinski definition) is 5.